The van der Waals surface area contributed by atoms with Gasteiger partial charge in [-0.1, -0.05) is 30.3 Å². The molecular formula is C18H22N2O2. The number of nitrogens with zero attached hydrogens (tertiary/aromatic N) is 1. The molecule has 22 heavy (non-hydrogen) atoms. The van der Waals surface area contributed by atoms with E-state index in [-0.39, 0.29) is 11.9 Å². The first-order valence-electron chi connectivity index (χ1n) is 7.87. The number of nitrogens with one attached hydrogen (secondary N) is 1. The predicted molar refractivity (Wildman–Crippen MR) is 85.6 cm³/mol. The Balaban J connectivity index is 1.61. The molecule has 1 fully saturated rings. The molecule has 1 amide bonds. The van der Waals surface area contributed by atoms with Gasteiger partial charge >= 0.3 is 0 Å². The summed E-state index contributed by atoms with van der Waals surface area (Å²) in [7, 11) is 0. The van der Waals surface area contributed by atoms with Gasteiger partial charge in [-0.25, -0.2) is 0 Å². The van der Waals surface area contributed by atoms with Crippen molar-refractivity contribution in [3.63, 3.8) is 0 Å². The van der Waals surface area contributed by atoms with Crippen LogP contribution in [0.5, 0.6) is 0 Å². The zero-order chi connectivity index (χ0) is 15.4. The van der Waals surface area contributed by atoms with Gasteiger partial charge in [0.15, 0.2) is 0 Å². The second-order valence-electron chi connectivity index (χ2n) is 5.74. The molecule has 2 aliphatic heterocycles. The minimum atomic E-state index is -0.169. The van der Waals surface area contributed by atoms with Crippen molar-refractivity contribution in [2.45, 2.75) is 38.8 Å². The first-order chi connectivity index (χ1) is 10.8. The Hall–Kier alpha value is -2.23. The summed E-state index contributed by atoms with van der Waals surface area (Å²) in [6.45, 7) is 3.46. The SMILES string of the molecule is C[C@H](C(=O)NCc1ccccc1)N1CCCC1=C1CC=CO1. The molecule has 0 radical (unpaired) electrons. The van der Waals surface area contributed by atoms with E-state index in [1.807, 2.05) is 43.3 Å². The zero-order valence-electron chi connectivity index (χ0n) is 12.9. The molecule has 0 aliphatic carbocycles. The number of carbonyl (C=O) groups excluding carboxylic acids is 1. The fourth-order valence-corrected chi connectivity index (χ4v) is 3.02. The number of benzene rings is 1. The van der Waals surface area contributed by atoms with E-state index in [1.165, 1.54) is 5.70 Å². The highest BCUT2D eigenvalue weighted by atomic mass is 16.5. The predicted octanol–water partition coefficient (Wildman–Crippen LogP) is 2.93. The molecule has 0 saturated carbocycles. The quantitative estimate of drug-likeness (QED) is 0.929. The van der Waals surface area contributed by atoms with Gasteiger partial charge in [-0.15, -0.1) is 0 Å². The van der Waals surface area contributed by atoms with Gasteiger partial charge in [-0.05, 0) is 31.4 Å². The maximum Gasteiger partial charge on any atom is 0.242 e. The van der Waals surface area contributed by atoms with Gasteiger partial charge < -0.3 is 15.0 Å². The van der Waals surface area contributed by atoms with Crippen molar-refractivity contribution in [2.24, 2.45) is 0 Å². The molecule has 0 aromatic heterocycles. The summed E-state index contributed by atoms with van der Waals surface area (Å²) < 4.78 is 5.55. The topological polar surface area (TPSA) is 41.6 Å². The van der Waals surface area contributed by atoms with Crippen molar-refractivity contribution in [1.82, 2.24) is 10.2 Å². The zero-order valence-corrected chi connectivity index (χ0v) is 12.9. The first-order valence-corrected chi connectivity index (χ1v) is 7.87. The van der Waals surface area contributed by atoms with E-state index >= 15 is 0 Å². The lowest BCUT2D eigenvalue weighted by molar-refractivity contribution is -0.125. The van der Waals surface area contributed by atoms with Crippen LogP contribution in [0.4, 0.5) is 0 Å². The number of rotatable bonds is 4. The van der Waals surface area contributed by atoms with Crippen LogP contribution < -0.4 is 5.32 Å². The Morgan fingerprint density at radius 3 is 2.91 bits per heavy atom. The van der Waals surface area contributed by atoms with Gasteiger partial charge in [-0.3, -0.25) is 4.79 Å². The van der Waals surface area contributed by atoms with Crippen molar-refractivity contribution in [3.8, 4) is 0 Å². The lowest BCUT2D eigenvalue weighted by atomic mass is 10.2. The van der Waals surface area contributed by atoms with Crippen LogP contribution in [0.25, 0.3) is 0 Å². The van der Waals surface area contributed by atoms with E-state index < -0.39 is 0 Å². The summed E-state index contributed by atoms with van der Waals surface area (Å²) in [5, 5.41) is 3.03. The van der Waals surface area contributed by atoms with Crippen molar-refractivity contribution < 1.29 is 9.53 Å². The number of ether oxygens (including phenoxy) is 1. The average Bonchev–Trinajstić information content (AvgIpc) is 3.23. The molecule has 2 aliphatic rings. The number of hydrogen-bond acceptors (Lipinski definition) is 3. The summed E-state index contributed by atoms with van der Waals surface area (Å²) in [5.41, 5.74) is 2.30. The average molecular weight is 298 g/mol. The van der Waals surface area contributed by atoms with Gasteiger partial charge in [0, 0.05) is 19.5 Å². The third-order valence-electron chi connectivity index (χ3n) is 4.25. The highest BCUT2D eigenvalue weighted by Crippen LogP contribution is 2.30. The van der Waals surface area contributed by atoms with Crippen LogP contribution in [0, 0.1) is 0 Å². The summed E-state index contributed by atoms with van der Waals surface area (Å²) in [6.07, 6.45) is 6.66. The highest BCUT2D eigenvalue weighted by Gasteiger charge is 2.29. The third kappa shape index (κ3) is 3.16. The molecule has 4 nitrogen and oxygen atoms in total. The van der Waals surface area contributed by atoms with Crippen molar-refractivity contribution in [2.75, 3.05) is 6.54 Å². The normalized spacial score (nSPS) is 21.8. The van der Waals surface area contributed by atoms with E-state index in [0.717, 1.165) is 37.1 Å². The molecule has 0 spiro atoms. The van der Waals surface area contributed by atoms with Crippen LogP contribution in [0.1, 0.15) is 31.7 Å². The highest BCUT2D eigenvalue weighted by molar-refractivity contribution is 5.81. The maximum atomic E-state index is 12.4. The molecule has 1 saturated heterocycles. The van der Waals surface area contributed by atoms with E-state index in [4.69, 9.17) is 4.74 Å². The Bertz CT molecular complexity index is 582. The van der Waals surface area contributed by atoms with E-state index in [2.05, 4.69) is 10.2 Å². The fraction of sp³-hybridized carbons (Fsp3) is 0.389. The van der Waals surface area contributed by atoms with Gasteiger partial charge in [0.2, 0.25) is 5.91 Å². The molecule has 1 aromatic rings. The van der Waals surface area contributed by atoms with Crippen LogP contribution in [0.2, 0.25) is 0 Å². The second-order valence-corrected chi connectivity index (χ2v) is 5.74. The van der Waals surface area contributed by atoms with Crippen molar-refractivity contribution in [3.05, 3.63) is 59.7 Å². The minimum Gasteiger partial charge on any atom is -0.468 e. The van der Waals surface area contributed by atoms with Gasteiger partial charge in [0.25, 0.3) is 0 Å². The minimum absolute atomic E-state index is 0.0646. The molecule has 116 valence electrons. The van der Waals surface area contributed by atoms with Crippen LogP contribution in [0.15, 0.2) is 54.1 Å². The summed E-state index contributed by atoms with van der Waals surface area (Å²) >= 11 is 0. The van der Waals surface area contributed by atoms with Crippen LogP contribution in [-0.4, -0.2) is 23.4 Å². The summed E-state index contributed by atoms with van der Waals surface area (Å²) in [5.74, 6) is 1.06. The molecular weight excluding hydrogens is 276 g/mol. The fourth-order valence-electron chi connectivity index (χ4n) is 3.02. The number of carbonyl (C=O) groups is 1. The Labute approximate surface area is 131 Å². The second kappa shape index (κ2) is 6.69. The van der Waals surface area contributed by atoms with Crippen molar-refractivity contribution >= 4 is 5.91 Å². The van der Waals surface area contributed by atoms with Crippen LogP contribution >= 0.6 is 0 Å². The van der Waals surface area contributed by atoms with Crippen LogP contribution in [-0.2, 0) is 16.1 Å². The molecule has 1 N–H and O–H groups in total. The molecule has 0 bridgehead atoms. The summed E-state index contributed by atoms with van der Waals surface area (Å²) in [6, 6.07) is 9.82. The molecule has 1 aromatic carbocycles. The maximum absolute atomic E-state index is 12.4. The Kier molecular flexibility index (Phi) is 4.47. The van der Waals surface area contributed by atoms with Crippen LogP contribution in [0.3, 0.4) is 0 Å². The number of allylic oxidation sites excluding steroid dienone is 2. The van der Waals surface area contributed by atoms with E-state index in [1.54, 1.807) is 6.26 Å². The lowest BCUT2D eigenvalue weighted by Crippen LogP contribution is -2.43. The summed E-state index contributed by atoms with van der Waals surface area (Å²) in [4.78, 5) is 14.6. The monoisotopic (exact) mass is 298 g/mol. The Morgan fingerprint density at radius 1 is 1.36 bits per heavy atom. The van der Waals surface area contributed by atoms with E-state index in [9.17, 15) is 4.79 Å². The Morgan fingerprint density at radius 2 is 2.18 bits per heavy atom. The van der Waals surface area contributed by atoms with Crippen molar-refractivity contribution in [1.29, 1.82) is 0 Å². The lowest BCUT2D eigenvalue weighted by Gasteiger charge is -2.27. The number of amides is 1. The van der Waals surface area contributed by atoms with Gasteiger partial charge in [0.1, 0.15) is 11.8 Å². The smallest absolute Gasteiger partial charge is 0.242 e. The number of likely N-dealkylation sites (tertiary alicyclic amines) is 1. The van der Waals surface area contributed by atoms with E-state index in [0.29, 0.717) is 6.54 Å². The largest absolute Gasteiger partial charge is 0.468 e. The molecule has 4 heteroatoms. The molecule has 0 unspecified atom stereocenters. The molecule has 1 atom stereocenters. The third-order valence-corrected chi connectivity index (χ3v) is 4.25. The first kappa shape index (κ1) is 14.7. The van der Waals surface area contributed by atoms with Gasteiger partial charge in [-0.2, -0.15) is 0 Å². The standard InChI is InChI=1S/C18H22N2O2/c1-14(18(21)19-13-15-7-3-2-4-8-15)20-11-5-9-16(20)17-10-6-12-22-17/h2-4,6-8,12,14H,5,9-11,13H2,1H3,(H,19,21)/t14-/m1/s1. The molecule has 2 heterocycles. The number of hydrogen-bond donors (Lipinski definition) is 1. The van der Waals surface area contributed by atoms with Gasteiger partial charge in [0.05, 0.1) is 12.0 Å². The molecule has 3 rings (SSSR count).